The van der Waals surface area contributed by atoms with E-state index in [9.17, 15) is 18.0 Å². The normalized spacial score (nSPS) is 19.0. The van der Waals surface area contributed by atoms with Gasteiger partial charge < -0.3 is 14.8 Å². The van der Waals surface area contributed by atoms with Gasteiger partial charge in [0.25, 0.3) is 10.0 Å². The van der Waals surface area contributed by atoms with Gasteiger partial charge in [-0.25, -0.2) is 8.42 Å². The molecule has 0 unspecified atom stereocenters. The van der Waals surface area contributed by atoms with E-state index in [0.717, 1.165) is 20.5 Å². The van der Waals surface area contributed by atoms with Crippen LogP contribution in [0.4, 0.5) is 0 Å². The number of sulfonamides is 1. The fraction of sp³-hybridized carbons (Fsp3) is 0.571. The number of esters is 1. The molecule has 10 heteroatoms. The number of ether oxygens (including phenoxy) is 2. The number of nitrogens with one attached hydrogen (secondary N) is 1. The Morgan fingerprint density at radius 2 is 2.21 bits per heavy atom. The quantitative estimate of drug-likeness (QED) is 0.708. The summed E-state index contributed by atoms with van der Waals surface area (Å²) >= 11 is 1.15. The maximum atomic E-state index is 12.8. The van der Waals surface area contributed by atoms with Crippen molar-refractivity contribution in [3.8, 4) is 0 Å². The summed E-state index contributed by atoms with van der Waals surface area (Å²) < 4.78 is 36.8. The molecule has 24 heavy (non-hydrogen) atoms. The van der Waals surface area contributed by atoms with E-state index in [1.54, 1.807) is 13.0 Å². The lowest BCUT2D eigenvalue weighted by Crippen LogP contribution is -2.56. The Labute approximate surface area is 144 Å². The topological polar surface area (TPSA) is 102 Å². The largest absolute Gasteiger partial charge is 0.465 e. The standard InChI is InChI=1S/C14H20N2O6S2/c1-3-22-12(17)8-15-14(18)11-9-21-7-6-16(11)24(19,20)13-5-4-10(2)23-13/h4-5,11H,3,6-9H2,1-2H3,(H,15,18)/t11-/m0/s1. The second-order valence-electron chi connectivity index (χ2n) is 5.09. The van der Waals surface area contributed by atoms with Gasteiger partial charge in [-0.1, -0.05) is 0 Å². The highest BCUT2D eigenvalue weighted by atomic mass is 32.2. The first-order valence-electron chi connectivity index (χ1n) is 7.45. The summed E-state index contributed by atoms with van der Waals surface area (Å²) in [5.74, 6) is -1.16. The zero-order valence-corrected chi connectivity index (χ0v) is 15.1. The molecule has 0 saturated carbocycles. The Morgan fingerprint density at radius 1 is 1.46 bits per heavy atom. The molecule has 134 valence electrons. The summed E-state index contributed by atoms with van der Waals surface area (Å²) in [6.45, 7) is 3.60. The molecule has 0 spiro atoms. The molecule has 1 aliphatic heterocycles. The Bertz CT molecular complexity index is 700. The van der Waals surface area contributed by atoms with Crippen LogP contribution < -0.4 is 5.32 Å². The molecule has 2 rings (SSSR count). The van der Waals surface area contributed by atoms with Crippen LogP contribution in [0.25, 0.3) is 0 Å². The molecule has 0 bridgehead atoms. The number of amides is 1. The Balaban J connectivity index is 2.12. The smallest absolute Gasteiger partial charge is 0.325 e. The molecule has 1 aromatic heterocycles. The van der Waals surface area contributed by atoms with Gasteiger partial charge in [0.2, 0.25) is 5.91 Å². The minimum Gasteiger partial charge on any atom is -0.465 e. The van der Waals surface area contributed by atoms with Crippen LogP contribution in [0, 0.1) is 6.92 Å². The Hall–Kier alpha value is -1.49. The van der Waals surface area contributed by atoms with Crippen LogP contribution in [0.2, 0.25) is 0 Å². The maximum absolute atomic E-state index is 12.8. The predicted octanol–water partition coefficient (Wildman–Crippen LogP) is 0.125. The number of aryl methyl sites for hydroxylation is 1. The number of thiophene rings is 1. The molecular weight excluding hydrogens is 356 g/mol. The van der Waals surface area contributed by atoms with Gasteiger partial charge in [0.1, 0.15) is 16.8 Å². The highest BCUT2D eigenvalue weighted by Gasteiger charge is 2.39. The van der Waals surface area contributed by atoms with Crippen molar-refractivity contribution in [2.75, 3.05) is 32.9 Å². The maximum Gasteiger partial charge on any atom is 0.325 e. The predicted molar refractivity (Wildman–Crippen MR) is 87.2 cm³/mol. The third kappa shape index (κ3) is 4.32. The number of hydrogen-bond donors (Lipinski definition) is 1. The first-order valence-corrected chi connectivity index (χ1v) is 9.71. The van der Waals surface area contributed by atoms with Crippen molar-refractivity contribution in [2.24, 2.45) is 0 Å². The molecule has 1 aliphatic rings. The first-order chi connectivity index (χ1) is 11.4. The third-order valence-electron chi connectivity index (χ3n) is 3.37. The van der Waals surface area contributed by atoms with Gasteiger partial charge in [0.05, 0.1) is 19.8 Å². The van der Waals surface area contributed by atoms with Crippen LogP contribution in [0.15, 0.2) is 16.3 Å². The van der Waals surface area contributed by atoms with Crippen molar-refractivity contribution in [2.45, 2.75) is 24.1 Å². The summed E-state index contributed by atoms with van der Waals surface area (Å²) in [5.41, 5.74) is 0. The van der Waals surface area contributed by atoms with E-state index in [-0.39, 0.29) is 37.1 Å². The lowest BCUT2D eigenvalue weighted by atomic mass is 10.2. The van der Waals surface area contributed by atoms with Gasteiger partial charge in [0, 0.05) is 11.4 Å². The number of morpholine rings is 1. The number of carbonyl (C=O) groups excluding carboxylic acids is 2. The van der Waals surface area contributed by atoms with E-state index in [4.69, 9.17) is 9.47 Å². The zero-order chi connectivity index (χ0) is 17.7. The fourth-order valence-corrected chi connectivity index (χ4v) is 5.21. The van der Waals surface area contributed by atoms with E-state index in [2.05, 4.69) is 5.32 Å². The van der Waals surface area contributed by atoms with Crippen molar-refractivity contribution < 1.29 is 27.5 Å². The van der Waals surface area contributed by atoms with Crippen molar-refractivity contribution in [3.63, 3.8) is 0 Å². The average molecular weight is 376 g/mol. The second kappa shape index (κ2) is 8.06. The molecular formula is C14H20N2O6S2. The third-order valence-corrected chi connectivity index (χ3v) is 6.75. The average Bonchev–Trinajstić information content (AvgIpc) is 3.00. The van der Waals surface area contributed by atoms with Crippen molar-refractivity contribution >= 4 is 33.2 Å². The molecule has 0 aromatic carbocycles. The molecule has 0 radical (unpaired) electrons. The number of rotatable bonds is 6. The monoisotopic (exact) mass is 376 g/mol. The lowest BCUT2D eigenvalue weighted by Gasteiger charge is -2.33. The van der Waals surface area contributed by atoms with Crippen LogP contribution in [0.1, 0.15) is 11.8 Å². The van der Waals surface area contributed by atoms with Gasteiger partial charge >= 0.3 is 5.97 Å². The van der Waals surface area contributed by atoms with Gasteiger partial charge in [-0.3, -0.25) is 9.59 Å². The number of hydrogen-bond acceptors (Lipinski definition) is 7. The van der Waals surface area contributed by atoms with Crippen LogP contribution in [0.5, 0.6) is 0 Å². The van der Waals surface area contributed by atoms with Crippen molar-refractivity contribution in [3.05, 3.63) is 17.0 Å². The molecule has 1 saturated heterocycles. The Kier molecular flexibility index (Phi) is 6.33. The summed E-state index contributed by atoms with van der Waals surface area (Å²) in [6.07, 6.45) is 0. The van der Waals surface area contributed by atoms with E-state index in [1.165, 1.54) is 6.07 Å². The number of nitrogens with zero attached hydrogens (tertiary/aromatic N) is 1. The van der Waals surface area contributed by atoms with Crippen LogP contribution in [0.3, 0.4) is 0 Å². The SMILES string of the molecule is CCOC(=O)CNC(=O)[C@@H]1COCCN1S(=O)(=O)c1ccc(C)s1. The highest BCUT2D eigenvalue weighted by Crippen LogP contribution is 2.26. The minimum atomic E-state index is -3.79. The van der Waals surface area contributed by atoms with E-state index < -0.39 is 27.9 Å². The minimum absolute atomic E-state index is 0.0573. The summed E-state index contributed by atoms with van der Waals surface area (Å²) in [7, 11) is -3.79. The molecule has 1 amide bonds. The molecule has 1 aromatic rings. The molecule has 1 N–H and O–H groups in total. The van der Waals surface area contributed by atoms with Crippen LogP contribution in [-0.2, 0) is 29.1 Å². The summed E-state index contributed by atoms with van der Waals surface area (Å²) in [4.78, 5) is 24.5. The zero-order valence-electron chi connectivity index (χ0n) is 13.5. The lowest BCUT2D eigenvalue weighted by molar-refractivity contribution is -0.144. The van der Waals surface area contributed by atoms with Gasteiger partial charge in [-0.05, 0) is 26.0 Å². The van der Waals surface area contributed by atoms with Gasteiger partial charge in [-0.2, -0.15) is 4.31 Å². The second-order valence-corrected chi connectivity index (χ2v) is 8.50. The molecule has 2 heterocycles. The number of carbonyl (C=O) groups is 2. The molecule has 8 nitrogen and oxygen atoms in total. The summed E-state index contributed by atoms with van der Waals surface area (Å²) in [6, 6.07) is 2.23. The van der Waals surface area contributed by atoms with Gasteiger partial charge in [0.15, 0.2) is 0 Å². The molecule has 1 fully saturated rings. The summed E-state index contributed by atoms with van der Waals surface area (Å²) in [5, 5.41) is 2.40. The first kappa shape index (κ1) is 18.8. The highest BCUT2D eigenvalue weighted by molar-refractivity contribution is 7.91. The van der Waals surface area contributed by atoms with Crippen molar-refractivity contribution in [1.29, 1.82) is 0 Å². The fourth-order valence-electron chi connectivity index (χ4n) is 2.24. The Morgan fingerprint density at radius 3 is 2.83 bits per heavy atom. The van der Waals surface area contributed by atoms with Crippen LogP contribution in [-0.4, -0.2) is 63.6 Å². The van der Waals surface area contributed by atoms with E-state index in [0.29, 0.717) is 0 Å². The van der Waals surface area contributed by atoms with Crippen LogP contribution >= 0.6 is 11.3 Å². The van der Waals surface area contributed by atoms with E-state index >= 15 is 0 Å². The molecule has 1 atom stereocenters. The van der Waals surface area contributed by atoms with Crippen molar-refractivity contribution in [1.82, 2.24) is 9.62 Å². The molecule has 0 aliphatic carbocycles. The van der Waals surface area contributed by atoms with Gasteiger partial charge in [-0.15, -0.1) is 11.3 Å². The van der Waals surface area contributed by atoms with E-state index in [1.807, 2.05) is 6.92 Å².